The van der Waals surface area contributed by atoms with Crippen molar-refractivity contribution in [3.63, 3.8) is 0 Å². The maximum absolute atomic E-state index is 13.8. The molecule has 12 nitrogen and oxygen atoms in total. The van der Waals surface area contributed by atoms with Gasteiger partial charge >= 0.3 is 5.97 Å². The van der Waals surface area contributed by atoms with Crippen molar-refractivity contribution in [3.8, 4) is 0 Å². The van der Waals surface area contributed by atoms with E-state index >= 15 is 0 Å². The summed E-state index contributed by atoms with van der Waals surface area (Å²) < 4.78 is 11.3. The van der Waals surface area contributed by atoms with Gasteiger partial charge in [-0.15, -0.1) is 0 Å². The number of hydrogen-bond donors (Lipinski definition) is 1. The van der Waals surface area contributed by atoms with E-state index < -0.39 is 22.9 Å². The van der Waals surface area contributed by atoms with Gasteiger partial charge in [-0.25, -0.2) is 9.36 Å². The Kier molecular flexibility index (Phi) is 11.6. The molecule has 4 saturated heterocycles. The van der Waals surface area contributed by atoms with Gasteiger partial charge in [0, 0.05) is 48.8 Å². The van der Waals surface area contributed by atoms with Crippen LogP contribution in [0.4, 0.5) is 5.69 Å². The molecule has 53 heavy (non-hydrogen) atoms. The number of esters is 1. The number of nitro benzene ring substituents is 1. The van der Waals surface area contributed by atoms with Gasteiger partial charge < -0.3 is 53.2 Å². The fourth-order valence-corrected chi connectivity index (χ4v) is 10.7. The Balaban J connectivity index is 0.00000240. The molecule has 9 rings (SSSR count). The van der Waals surface area contributed by atoms with E-state index in [4.69, 9.17) is 4.74 Å². The number of rotatable bonds is 11. The zero-order valence-electron chi connectivity index (χ0n) is 29.7. The Bertz CT molecular complexity index is 2060. The minimum absolute atomic E-state index is 0. The fraction of sp³-hybridized carbons (Fsp3) is 0.432. The molecule has 0 unspecified atom stereocenters. The standard InChI is InChI=1S/C37H42N6O6S2.2BrH/c1-23-30(33(41-32(23)31(24(2)44)34(41)45)37(46)49-21-25-7-9-28(10-8-25)42(47)48)29-19-40-22-39(35(50-3)36(40)51-29)18-26-5-4-6-27(17-26)20-43-14-11-38(12-15-43)13-16-43;;/h4-10,17,19,22-24,31-32,44H,11-16,18,20-21H2,1-3H3;2*1H/q+2;;/p-2/t23-,24+,31+,32+;;/m0../s1. The van der Waals surface area contributed by atoms with Crippen LogP contribution in [0.15, 0.2) is 71.8 Å². The molecule has 282 valence electrons. The number of amides is 1. The van der Waals surface area contributed by atoms with E-state index in [1.807, 2.05) is 13.1 Å². The van der Waals surface area contributed by atoms with Gasteiger partial charge in [0.15, 0.2) is 0 Å². The van der Waals surface area contributed by atoms with Crippen LogP contribution in [0.2, 0.25) is 0 Å². The number of aliphatic hydroxyl groups is 1. The van der Waals surface area contributed by atoms with Crippen LogP contribution in [0.5, 0.6) is 0 Å². The highest BCUT2D eigenvalue weighted by molar-refractivity contribution is 7.98. The zero-order chi connectivity index (χ0) is 35.6. The van der Waals surface area contributed by atoms with Crippen LogP contribution in [-0.2, 0) is 34.0 Å². The van der Waals surface area contributed by atoms with E-state index in [0.717, 1.165) is 33.4 Å². The predicted molar refractivity (Wildman–Crippen MR) is 193 cm³/mol. The maximum atomic E-state index is 13.8. The van der Waals surface area contributed by atoms with E-state index in [-0.39, 0.29) is 69.8 Å². The molecule has 5 aliphatic rings. The van der Waals surface area contributed by atoms with Crippen LogP contribution < -0.4 is 38.5 Å². The normalized spacial score (nSPS) is 25.1. The molecule has 7 heterocycles. The van der Waals surface area contributed by atoms with Crippen molar-refractivity contribution in [2.45, 2.75) is 50.7 Å². The van der Waals surface area contributed by atoms with E-state index in [1.54, 1.807) is 42.2 Å². The number of nitro groups is 1. The summed E-state index contributed by atoms with van der Waals surface area (Å²) in [6.45, 7) is 12.6. The number of thiazole rings is 1. The van der Waals surface area contributed by atoms with Gasteiger partial charge in [-0.05, 0) is 42.5 Å². The number of non-ortho nitro benzene ring substituents is 1. The summed E-state index contributed by atoms with van der Waals surface area (Å²) >= 11 is 3.26. The summed E-state index contributed by atoms with van der Waals surface area (Å²) in [5.41, 5.74) is 4.14. The van der Waals surface area contributed by atoms with E-state index in [9.17, 15) is 24.8 Å². The molecule has 4 aromatic rings. The second kappa shape index (κ2) is 15.6. The molecular formula is C37H42Br2N6O6S2. The first-order chi connectivity index (χ1) is 24.6. The van der Waals surface area contributed by atoms with Crippen molar-refractivity contribution in [2.24, 2.45) is 11.8 Å². The van der Waals surface area contributed by atoms with Crippen LogP contribution in [0, 0.1) is 22.0 Å². The first kappa shape index (κ1) is 39.6. The Morgan fingerprint density at radius 2 is 1.79 bits per heavy atom. The third-order valence-corrected chi connectivity index (χ3v) is 13.4. The summed E-state index contributed by atoms with van der Waals surface area (Å²) in [7, 11) is 0. The summed E-state index contributed by atoms with van der Waals surface area (Å²) in [5.74, 6) is -1.75. The van der Waals surface area contributed by atoms with Crippen LogP contribution in [-0.4, -0.2) is 98.3 Å². The number of imidazole rings is 1. The van der Waals surface area contributed by atoms with Gasteiger partial charge in [0.1, 0.15) is 31.6 Å². The average Bonchev–Trinajstić information content (AvgIpc) is 3.74. The number of nitrogens with zero attached hydrogens (tertiary/aromatic N) is 6. The molecule has 4 atom stereocenters. The molecule has 0 radical (unpaired) electrons. The lowest BCUT2D eigenvalue weighted by atomic mass is 9.77. The van der Waals surface area contributed by atoms with Crippen LogP contribution in [0.3, 0.4) is 0 Å². The van der Waals surface area contributed by atoms with E-state index in [1.165, 1.54) is 71.9 Å². The van der Waals surface area contributed by atoms with Crippen molar-refractivity contribution in [1.82, 2.24) is 14.2 Å². The highest BCUT2D eigenvalue weighted by atomic mass is 79.9. The van der Waals surface area contributed by atoms with Crippen LogP contribution in [0.25, 0.3) is 10.4 Å². The molecule has 1 amide bonds. The highest BCUT2D eigenvalue weighted by Crippen LogP contribution is 2.52. The molecule has 0 saturated carbocycles. The lowest BCUT2D eigenvalue weighted by Crippen LogP contribution is -3.00. The molecule has 0 spiro atoms. The van der Waals surface area contributed by atoms with Gasteiger partial charge in [0.05, 0.1) is 47.5 Å². The summed E-state index contributed by atoms with van der Waals surface area (Å²) in [5, 5.41) is 22.7. The first-order valence-corrected chi connectivity index (χ1v) is 19.5. The third kappa shape index (κ3) is 7.11. The lowest BCUT2D eigenvalue weighted by Gasteiger charge is -2.50. The second-order valence-electron chi connectivity index (χ2n) is 14.4. The number of fused-ring (bicyclic) bond motifs is 5. The Morgan fingerprint density at radius 1 is 1.11 bits per heavy atom. The predicted octanol–water partition coefficient (Wildman–Crippen LogP) is -2.07. The zero-order valence-corrected chi connectivity index (χ0v) is 34.5. The molecule has 2 aromatic heterocycles. The van der Waals surface area contributed by atoms with Gasteiger partial charge in [0.2, 0.25) is 15.8 Å². The molecule has 5 aliphatic heterocycles. The summed E-state index contributed by atoms with van der Waals surface area (Å²) in [6.07, 6.45) is 5.35. The number of piperazine rings is 3. The smallest absolute Gasteiger partial charge is 0.355 e. The van der Waals surface area contributed by atoms with E-state index in [2.05, 4.69) is 50.7 Å². The SMILES string of the molecule is CSc1c2sc(C3=C(C(=O)OCc4ccc([N+](=O)[O-])cc4)N4C(=O)[C@H]([C@@H](C)O)[C@H]4[C@H]3C)cn2c[n+]1Cc1cccc(C[N+]23CCN(CC2)CC3)c1.[Br-].[Br-]. The van der Waals surface area contributed by atoms with Crippen molar-refractivity contribution in [3.05, 3.63) is 98.4 Å². The fourth-order valence-electron chi connectivity index (χ4n) is 8.57. The lowest BCUT2D eigenvalue weighted by molar-refractivity contribution is -0.953. The summed E-state index contributed by atoms with van der Waals surface area (Å²) in [4.78, 5) is 43.7. The highest BCUT2D eigenvalue weighted by Gasteiger charge is 2.60. The monoisotopic (exact) mass is 888 g/mol. The Morgan fingerprint density at radius 3 is 2.43 bits per heavy atom. The number of thioether (sulfide) groups is 1. The van der Waals surface area contributed by atoms with Gasteiger partial charge in [-0.1, -0.05) is 48.2 Å². The topological polar surface area (TPSA) is 122 Å². The number of aliphatic hydroxyl groups excluding tert-OH is 1. The summed E-state index contributed by atoms with van der Waals surface area (Å²) in [6, 6.07) is 14.5. The van der Waals surface area contributed by atoms with Gasteiger partial charge in [0.25, 0.3) is 12.0 Å². The van der Waals surface area contributed by atoms with Crippen LogP contribution in [0.1, 0.15) is 35.4 Å². The Hall–Kier alpha value is -3.12. The number of carbonyl (C=O) groups is 2. The van der Waals surface area contributed by atoms with Crippen LogP contribution >= 0.6 is 23.1 Å². The molecular weight excluding hydrogens is 848 g/mol. The average molecular weight is 891 g/mol. The molecule has 16 heteroatoms. The van der Waals surface area contributed by atoms with Crippen molar-refractivity contribution < 1.29 is 67.4 Å². The molecule has 2 aromatic carbocycles. The number of quaternary nitrogens is 1. The number of halogens is 2. The van der Waals surface area contributed by atoms with Crippen molar-refractivity contribution in [2.75, 3.05) is 45.5 Å². The number of carbonyl (C=O) groups excluding carboxylic acids is 2. The van der Waals surface area contributed by atoms with Gasteiger partial charge in [-0.3, -0.25) is 19.8 Å². The minimum Gasteiger partial charge on any atom is -1.00 e. The molecule has 4 fully saturated rings. The molecule has 1 N–H and O–H groups in total. The van der Waals surface area contributed by atoms with E-state index in [0.29, 0.717) is 5.56 Å². The second-order valence-corrected chi connectivity index (χ2v) is 16.2. The first-order valence-electron chi connectivity index (χ1n) is 17.4. The number of β-lactam (4-membered cyclic amide) rings is 1. The number of hydrogen-bond acceptors (Lipinski definition) is 9. The molecule has 0 aliphatic carbocycles. The minimum atomic E-state index is -0.855. The Labute approximate surface area is 337 Å². The quantitative estimate of drug-likeness (QED) is 0.0348. The number of ether oxygens (including phenoxy) is 1. The third-order valence-electron chi connectivity index (χ3n) is 11.3. The maximum Gasteiger partial charge on any atom is 0.355 e. The van der Waals surface area contributed by atoms with Crippen molar-refractivity contribution in [1.29, 1.82) is 0 Å². The number of aromatic nitrogens is 2. The van der Waals surface area contributed by atoms with Gasteiger partial charge in [-0.2, -0.15) is 4.40 Å². The largest absolute Gasteiger partial charge is 1.00 e. The molecule has 2 bridgehead atoms. The number of benzene rings is 2. The van der Waals surface area contributed by atoms with Crippen molar-refractivity contribution >= 4 is 51.1 Å².